The summed E-state index contributed by atoms with van der Waals surface area (Å²) in [7, 11) is 0. The van der Waals surface area contributed by atoms with Gasteiger partial charge >= 0.3 is 5.97 Å². The predicted molar refractivity (Wildman–Crippen MR) is 93.1 cm³/mol. The molecule has 2 fully saturated rings. The number of amides is 1. The van der Waals surface area contributed by atoms with Crippen molar-refractivity contribution in [1.82, 2.24) is 4.90 Å². The normalized spacial score (nSPS) is 25.8. The lowest BCUT2D eigenvalue weighted by Crippen LogP contribution is -2.41. The van der Waals surface area contributed by atoms with Gasteiger partial charge in [0.25, 0.3) is 0 Å². The molecule has 0 unspecified atom stereocenters. The van der Waals surface area contributed by atoms with Gasteiger partial charge in [0.05, 0.1) is 5.92 Å². The predicted octanol–water partition coefficient (Wildman–Crippen LogP) is 3.94. The number of carboxylic acids is 1. The third-order valence-corrected chi connectivity index (χ3v) is 6.17. The minimum absolute atomic E-state index is 0.158. The molecule has 1 aliphatic heterocycles. The average molecular weight is 350 g/mol. The van der Waals surface area contributed by atoms with Crippen LogP contribution in [0.2, 0.25) is 5.02 Å². The molecule has 0 aromatic heterocycles. The zero-order valence-electron chi connectivity index (χ0n) is 14.0. The maximum absolute atomic E-state index is 13.1. The summed E-state index contributed by atoms with van der Waals surface area (Å²) in [6.07, 6.45) is 4.89. The summed E-state index contributed by atoms with van der Waals surface area (Å²) in [5.74, 6) is -1.39. The van der Waals surface area contributed by atoms with Crippen molar-refractivity contribution in [1.29, 1.82) is 0 Å². The number of hydrogen-bond acceptors (Lipinski definition) is 2. The van der Waals surface area contributed by atoms with Crippen molar-refractivity contribution in [3.05, 3.63) is 34.9 Å². The van der Waals surface area contributed by atoms with Gasteiger partial charge in [-0.15, -0.1) is 0 Å². The molecule has 1 heterocycles. The summed E-state index contributed by atoms with van der Waals surface area (Å²) in [5.41, 5.74) is 0.678. The van der Waals surface area contributed by atoms with Crippen LogP contribution in [0.1, 0.15) is 50.5 Å². The molecule has 1 aromatic carbocycles. The van der Waals surface area contributed by atoms with Crippen molar-refractivity contribution in [3.8, 4) is 0 Å². The highest BCUT2D eigenvalue weighted by Crippen LogP contribution is 2.44. The van der Waals surface area contributed by atoms with E-state index in [1.54, 1.807) is 17.0 Å². The highest BCUT2D eigenvalue weighted by atomic mass is 35.5. The highest BCUT2D eigenvalue weighted by molar-refractivity contribution is 6.30. The molecule has 5 heteroatoms. The van der Waals surface area contributed by atoms with Crippen LogP contribution in [-0.4, -0.2) is 35.0 Å². The Morgan fingerprint density at radius 2 is 1.83 bits per heavy atom. The Bertz CT molecular complexity index is 622. The zero-order chi connectivity index (χ0) is 17.3. The van der Waals surface area contributed by atoms with Crippen LogP contribution in [0.4, 0.5) is 0 Å². The summed E-state index contributed by atoms with van der Waals surface area (Å²) in [6.45, 7) is 2.87. The number of rotatable bonds is 4. The van der Waals surface area contributed by atoms with Crippen molar-refractivity contribution in [3.63, 3.8) is 0 Å². The fourth-order valence-corrected chi connectivity index (χ4v) is 4.50. The van der Waals surface area contributed by atoms with E-state index >= 15 is 0 Å². The number of hydrogen-bond donors (Lipinski definition) is 1. The van der Waals surface area contributed by atoms with Gasteiger partial charge in [-0.3, -0.25) is 9.59 Å². The van der Waals surface area contributed by atoms with Crippen molar-refractivity contribution < 1.29 is 14.7 Å². The minimum atomic E-state index is -0.831. The van der Waals surface area contributed by atoms with Crippen molar-refractivity contribution in [2.45, 2.75) is 44.9 Å². The number of benzene rings is 1. The van der Waals surface area contributed by atoms with Gasteiger partial charge in [0.2, 0.25) is 5.91 Å². The van der Waals surface area contributed by atoms with E-state index in [-0.39, 0.29) is 17.2 Å². The summed E-state index contributed by atoms with van der Waals surface area (Å²) < 4.78 is 0. The summed E-state index contributed by atoms with van der Waals surface area (Å²) in [6, 6.07) is 7.32. The van der Waals surface area contributed by atoms with Crippen molar-refractivity contribution >= 4 is 23.5 Å². The van der Waals surface area contributed by atoms with Gasteiger partial charge in [0.1, 0.15) is 0 Å². The van der Waals surface area contributed by atoms with Gasteiger partial charge in [-0.25, -0.2) is 0 Å². The van der Waals surface area contributed by atoms with Crippen molar-refractivity contribution in [2.75, 3.05) is 13.1 Å². The van der Waals surface area contributed by atoms with E-state index in [9.17, 15) is 14.7 Å². The monoisotopic (exact) mass is 349 g/mol. The van der Waals surface area contributed by atoms with E-state index in [1.165, 1.54) is 0 Å². The third kappa shape index (κ3) is 3.04. The van der Waals surface area contributed by atoms with Crippen LogP contribution in [0.5, 0.6) is 0 Å². The highest BCUT2D eigenvalue weighted by Gasteiger charge is 2.47. The number of carbonyl (C=O) groups is 2. The zero-order valence-corrected chi connectivity index (χ0v) is 14.8. The molecular formula is C19H24ClNO3. The number of carboxylic acid groups (broad SMARTS) is 1. The Kier molecular flexibility index (Phi) is 4.86. The SMILES string of the molecule is CCC1(C(=O)N2C[C@@H](C(=O)O)[C@H](c3ccc(Cl)cc3)C2)CCCC1. The summed E-state index contributed by atoms with van der Waals surface area (Å²) >= 11 is 5.94. The maximum Gasteiger partial charge on any atom is 0.308 e. The molecule has 1 N–H and O–H groups in total. The molecular weight excluding hydrogens is 326 g/mol. The van der Waals surface area contributed by atoms with E-state index in [1.807, 2.05) is 12.1 Å². The number of halogens is 1. The first kappa shape index (κ1) is 17.3. The van der Waals surface area contributed by atoms with Crippen LogP contribution >= 0.6 is 11.6 Å². The van der Waals surface area contributed by atoms with E-state index in [0.29, 0.717) is 18.1 Å². The second kappa shape index (κ2) is 6.75. The fourth-order valence-electron chi connectivity index (χ4n) is 4.37. The summed E-state index contributed by atoms with van der Waals surface area (Å²) in [4.78, 5) is 26.6. The second-order valence-electron chi connectivity index (χ2n) is 7.15. The Balaban J connectivity index is 1.83. The van der Waals surface area contributed by atoms with Gasteiger partial charge in [0.15, 0.2) is 0 Å². The Morgan fingerprint density at radius 1 is 1.21 bits per heavy atom. The van der Waals surface area contributed by atoms with Crippen LogP contribution in [0.25, 0.3) is 0 Å². The van der Waals surface area contributed by atoms with Crippen LogP contribution in [0.3, 0.4) is 0 Å². The number of aliphatic carboxylic acids is 1. The molecule has 130 valence electrons. The molecule has 1 aliphatic carbocycles. The van der Waals surface area contributed by atoms with Crippen LogP contribution in [0.15, 0.2) is 24.3 Å². The Hall–Kier alpha value is -1.55. The summed E-state index contributed by atoms with van der Waals surface area (Å²) in [5, 5.41) is 10.3. The smallest absolute Gasteiger partial charge is 0.308 e. The number of carbonyl (C=O) groups excluding carboxylic acids is 1. The number of nitrogens with zero attached hydrogens (tertiary/aromatic N) is 1. The van der Waals surface area contributed by atoms with Gasteiger partial charge in [-0.2, -0.15) is 0 Å². The first-order chi connectivity index (χ1) is 11.5. The lowest BCUT2D eigenvalue weighted by Gasteiger charge is -2.31. The molecule has 3 rings (SSSR count). The lowest BCUT2D eigenvalue weighted by molar-refractivity contribution is -0.143. The lowest BCUT2D eigenvalue weighted by atomic mass is 9.82. The first-order valence-electron chi connectivity index (χ1n) is 8.74. The third-order valence-electron chi connectivity index (χ3n) is 5.91. The Morgan fingerprint density at radius 3 is 2.38 bits per heavy atom. The molecule has 4 nitrogen and oxygen atoms in total. The minimum Gasteiger partial charge on any atom is -0.481 e. The molecule has 1 aromatic rings. The first-order valence-corrected chi connectivity index (χ1v) is 9.12. The standard InChI is InChI=1S/C19H24ClNO3/c1-2-19(9-3-4-10-19)18(24)21-11-15(16(12-21)17(22)23)13-5-7-14(20)8-6-13/h5-8,15-16H,2-4,9-12H2,1H3,(H,22,23)/t15-,16+/m0/s1. The molecule has 0 spiro atoms. The van der Waals surface area contributed by atoms with E-state index < -0.39 is 11.9 Å². The fraction of sp³-hybridized carbons (Fsp3) is 0.579. The van der Waals surface area contributed by atoms with E-state index in [2.05, 4.69) is 6.92 Å². The van der Waals surface area contributed by atoms with Gasteiger partial charge in [0, 0.05) is 29.4 Å². The van der Waals surface area contributed by atoms with Crippen LogP contribution < -0.4 is 0 Å². The van der Waals surface area contributed by atoms with E-state index in [4.69, 9.17) is 11.6 Å². The molecule has 1 saturated heterocycles. The molecule has 24 heavy (non-hydrogen) atoms. The van der Waals surface area contributed by atoms with Crippen LogP contribution in [-0.2, 0) is 9.59 Å². The molecule has 0 radical (unpaired) electrons. The van der Waals surface area contributed by atoms with Gasteiger partial charge in [-0.1, -0.05) is 43.5 Å². The average Bonchev–Trinajstić information content (AvgIpc) is 3.23. The molecule has 1 amide bonds. The van der Waals surface area contributed by atoms with Crippen LogP contribution in [0, 0.1) is 11.3 Å². The molecule has 1 saturated carbocycles. The molecule has 0 bridgehead atoms. The van der Waals surface area contributed by atoms with Gasteiger partial charge < -0.3 is 10.0 Å². The topological polar surface area (TPSA) is 57.6 Å². The van der Waals surface area contributed by atoms with Crippen molar-refractivity contribution in [2.24, 2.45) is 11.3 Å². The maximum atomic E-state index is 13.1. The van der Waals surface area contributed by atoms with Gasteiger partial charge in [-0.05, 0) is 37.0 Å². The second-order valence-corrected chi connectivity index (χ2v) is 7.59. The van der Waals surface area contributed by atoms with E-state index in [0.717, 1.165) is 37.7 Å². The Labute approximate surface area is 147 Å². The molecule has 2 aliphatic rings. The number of likely N-dealkylation sites (tertiary alicyclic amines) is 1. The quantitative estimate of drug-likeness (QED) is 0.895. The largest absolute Gasteiger partial charge is 0.481 e. The molecule has 2 atom stereocenters.